The lowest BCUT2D eigenvalue weighted by Crippen LogP contribution is -2.35. The molecule has 0 aliphatic carbocycles. The molecule has 2 rings (SSSR count). The van der Waals surface area contributed by atoms with Gasteiger partial charge in [0.1, 0.15) is 11.9 Å². The molecule has 0 fully saturated rings. The Morgan fingerprint density at radius 3 is 3.11 bits per heavy atom. The zero-order valence-electron chi connectivity index (χ0n) is 10.3. The molecule has 1 heterocycles. The summed E-state index contributed by atoms with van der Waals surface area (Å²) in [7, 11) is 0. The summed E-state index contributed by atoms with van der Waals surface area (Å²) in [6.45, 7) is 3.67. The van der Waals surface area contributed by atoms with E-state index in [1.165, 1.54) is 6.92 Å². The maximum absolute atomic E-state index is 10.7. The Hall–Kier alpha value is -1.26. The van der Waals surface area contributed by atoms with Crippen molar-refractivity contribution in [2.24, 2.45) is 0 Å². The van der Waals surface area contributed by atoms with Gasteiger partial charge in [-0.1, -0.05) is 11.6 Å². The van der Waals surface area contributed by atoms with Crippen molar-refractivity contribution in [1.82, 2.24) is 10.6 Å². The molecule has 1 atom stereocenters. The molecule has 0 radical (unpaired) electrons. The maximum Gasteiger partial charge on any atom is 0.216 e. The van der Waals surface area contributed by atoms with Crippen molar-refractivity contribution in [3.63, 3.8) is 0 Å². The molecule has 2 N–H and O–H groups in total. The predicted octanol–water partition coefficient (Wildman–Crippen LogP) is 1.37. The van der Waals surface area contributed by atoms with Crippen LogP contribution in [0.3, 0.4) is 0 Å². The van der Waals surface area contributed by atoms with Gasteiger partial charge in [0, 0.05) is 38.0 Å². The SMILES string of the molecule is CC(=O)NCCNCC1Cc2cc(Cl)ccc2O1. The van der Waals surface area contributed by atoms with Gasteiger partial charge in [-0.15, -0.1) is 0 Å². The van der Waals surface area contributed by atoms with Crippen LogP contribution < -0.4 is 15.4 Å². The third-order valence-electron chi connectivity index (χ3n) is 2.81. The molecule has 0 aromatic heterocycles. The number of fused-ring (bicyclic) bond motifs is 1. The lowest BCUT2D eigenvalue weighted by Gasteiger charge is -2.11. The van der Waals surface area contributed by atoms with Gasteiger partial charge in [0.15, 0.2) is 0 Å². The van der Waals surface area contributed by atoms with E-state index in [1.807, 2.05) is 18.2 Å². The number of halogens is 1. The zero-order valence-corrected chi connectivity index (χ0v) is 11.1. The van der Waals surface area contributed by atoms with Crippen LogP contribution in [0, 0.1) is 0 Å². The van der Waals surface area contributed by atoms with Crippen LogP contribution in [0.2, 0.25) is 5.02 Å². The molecule has 1 aliphatic rings. The molecule has 1 unspecified atom stereocenters. The minimum atomic E-state index is -0.00374. The highest BCUT2D eigenvalue weighted by atomic mass is 35.5. The second-order valence-corrected chi connectivity index (χ2v) is 4.82. The number of benzene rings is 1. The summed E-state index contributed by atoms with van der Waals surface area (Å²) in [6.07, 6.45) is 1.03. The van der Waals surface area contributed by atoms with Crippen molar-refractivity contribution in [3.8, 4) is 5.75 Å². The second-order valence-electron chi connectivity index (χ2n) is 4.38. The number of rotatable bonds is 5. The summed E-state index contributed by atoms with van der Waals surface area (Å²) in [5, 5.41) is 6.74. The van der Waals surface area contributed by atoms with E-state index in [-0.39, 0.29) is 12.0 Å². The number of nitrogens with one attached hydrogen (secondary N) is 2. The van der Waals surface area contributed by atoms with Crippen LogP contribution in [0.1, 0.15) is 12.5 Å². The molecule has 98 valence electrons. The fourth-order valence-electron chi connectivity index (χ4n) is 1.99. The van der Waals surface area contributed by atoms with Gasteiger partial charge < -0.3 is 15.4 Å². The highest BCUT2D eigenvalue weighted by molar-refractivity contribution is 6.30. The molecular weight excluding hydrogens is 252 g/mol. The lowest BCUT2D eigenvalue weighted by molar-refractivity contribution is -0.118. The topological polar surface area (TPSA) is 50.4 Å². The van der Waals surface area contributed by atoms with Crippen LogP contribution in [0.25, 0.3) is 0 Å². The highest BCUT2D eigenvalue weighted by Gasteiger charge is 2.22. The molecular formula is C13H17ClN2O2. The molecule has 0 spiro atoms. The van der Waals surface area contributed by atoms with Gasteiger partial charge in [-0.05, 0) is 23.8 Å². The molecule has 0 bridgehead atoms. The van der Waals surface area contributed by atoms with Crippen LogP contribution in [-0.4, -0.2) is 31.6 Å². The van der Waals surface area contributed by atoms with Crippen LogP contribution in [0.15, 0.2) is 18.2 Å². The third kappa shape index (κ3) is 3.62. The molecule has 4 nitrogen and oxygen atoms in total. The average molecular weight is 269 g/mol. The Bertz CT molecular complexity index is 437. The molecule has 1 aromatic rings. The van der Waals surface area contributed by atoms with Crippen LogP contribution in [0.5, 0.6) is 5.75 Å². The Morgan fingerprint density at radius 2 is 2.33 bits per heavy atom. The zero-order chi connectivity index (χ0) is 13.0. The standard InChI is InChI=1S/C13H17ClN2O2/c1-9(17)16-5-4-15-8-12-7-10-6-11(14)2-3-13(10)18-12/h2-3,6,12,15H,4-5,7-8H2,1H3,(H,16,17). The normalized spacial score (nSPS) is 17.1. The summed E-state index contributed by atoms with van der Waals surface area (Å²) < 4.78 is 5.78. The van der Waals surface area contributed by atoms with Gasteiger partial charge in [0.05, 0.1) is 0 Å². The Kier molecular flexibility index (Phi) is 4.44. The van der Waals surface area contributed by atoms with Gasteiger partial charge in [-0.3, -0.25) is 4.79 Å². The summed E-state index contributed by atoms with van der Waals surface area (Å²) in [5.74, 6) is 0.920. The Labute approximate surface area is 112 Å². The van der Waals surface area contributed by atoms with Crippen molar-refractivity contribution in [3.05, 3.63) is 28.8 Å². The van der Waals surface area contributed by atoms with E-state index >= 15 is 0 Å². The Balaban J connectivity index is 1.70. The number of ether oxygens (including phenoxy) is 1. The van der Waals surface area contributed by atoms with Gasteiger partial charge in [0.25, 0.3) is 0 Å². The van der Waals surface area contributed by atoms with Crippen molar-refractivity contribution < 1.29 is 9.53 Å². The van der Waals surface area contributed by atoms with Gasteiger partial charge in [-0.2, -0.15) is 0 Å². The monoisotopic (exact) mass is 268 g/mol. The first-order valence-electron chi connectivity index (χ1n) is 6.05. The quantitative estimate of drug-likeness (QED) is 0.793. The second kappa shape index (κ2) is 6.07. The molecule has 18 heavy (non-hydrogen) atoms. The lowest BCUT2D eigenvalue weighted by atomic mass is 10.1. The molecule has 5 heteroatoms. The minimum absolute atomic E-state index is 0.00374. The molecule has 0 saturated carbocycles. The van der Waals surface area contributed by atoms with Crippen molar-refractivity contribution in [2.45, 2.75) is 19.4 Å². The average Bonchev–Trinajstić information content (AvgIpc) is 2.70. The first-order chi connectivity index (χ1) is 8.65. The van der Waals surface area contributed by atoms with Gasteiger partial charge >= 0.3 is 0 Å². The molecule has 0 saturated heterocycles. The van der Waals surface area contributed by atoms with Crippen molar-refractivity contribution in [2.75, 3.05) is 19.6 Å². The third-order valence-corrected chi connectivity index (χ3v) is 3.05. The first kappa shape index (κ1) is 13.2. The molecule has 1 amide bonds. The van der Waals surface area contributed by atoms with E-state index in [0.717, 1.165) is 35.8 Å². The first-order valence-corrected chi connectivity index (χ1v) is 6.43. The van der Waals surface area contributed by atoms with Gasteiger partial charge in [-0.25, -0.2) is 0 Å². The van der Waals surface area contributed by atoms with E-state index < -0.39 is 0 Å². The van der Waals surface area contributed by atoms with Crippen LogP contribution in [-0.2, 0) is 11.2 Å². The molecule has 1 aliphatic heterocycles. The van der Waals surface area contributed by atoms with Crippen molar-refractivity contribution >= 4 is 17.5 Å². The smallest absolute Gasteiger partial charge is 0.216 e. The maximum atomic E-state index is 10.7. The number of carbonyl (C=O) groups is 1. The van der Waals surface area contributed by atoms with Crippen molar-refractivity contribution in [1.29, 1.82) is 0 Å². The van der Waals surface area contributed by atoms with Crippen LogP contribution >= 0.6 is 11.6 Å². The largest absolute Gasteiger partial charge is 0.488 e. The van der Waals surface area contributed by atoms with E-state index in [0.29, 0.717) is 6.54 Å². The number of hydrogen-bond donors (Lipinski definition) is 2. The summed E-state index contributed by atoms with van der Waals surface area (Å²) in [5.41, 5.74) is 1.16. The number of carbonyl (C=O) groups excluding carboxylic acids is 1. The van der Waals surface area contributed by atoms with E-state index in [2.05, 4.69) is 10.6 Å². The summed E-state index contributed by atoms with van der Waals surface area (Å²) in [4.78, 5) is 10.7. The van der Waals surface area contributed by atoms with Crippen LogP contribution in [0.4, 0.5) is 0 Å². The Morgan fingerprint density at radius 1 is 1.50 bits per heavy atom. The number of amides is 1. The highest BCUT2D eigenvalue weighted by Crippen LogP contribution is 2.30. The van der Waals surface area contributed by atoms with E-state index in [4.69, 9.17) is 16.3 Å². The predicted molar refractivity (Wildman–Crippen MR) is 71.1 cm³/mol. The van der Waals surface area contributed by atoms with Gasteiger partial charge in [0.2, 0.25) is 5.91 Å². The number of hydrogen-bond acceptors (Lipinski definition) is 3. The molecule has 1 aromatic carbocycles. The van der Waals surface area contributed by atoms with E-state index in [9.17, 15) is 4.79 Å². The fraction of sp³-hybridized carbons (Fsp3) is 0.462. The fourth-order valence-corrected chi connectivity index (χ4v) is 2.19. The summed E-state index contributed by atoms with van der Waals surface area (Å²) in [6, 6.07) is 5.70. The summed E-state index contributed by atoms with van der Waals surface area (Å²) >= 11 is 5.93. The van der Waals surface area contributed by atoms with E-state index in [1.54, 1.807) is 0 Å². The minimum Gasteiger partial charge on any atom is -0.488 e.